The highest BCUT2D eigenvalue weighted by Crippen LogP contribution is 2.33. The molecule has 1 saturated heterocycles. The highest BCUT2D eigenvalue weighted by atomic mass is 127. The average molecular weight is 271 g/mol. The van der Waals surface area contributed by atoms with Gasteiger partial charge in [0.2, 0.25) is 0 Å². The summed E-state index contributed by atoms with van der Waals surface area (Å²) in [7, 11) is 1.85. The molecule has 10 heavy (non-hydrogen) atoms. The lowest BCUT2D eigenvalue weighted by Gasteiger charge is -2.34. The highest BCUT2D eigenvalue weighted by Gasteiger charge is 2.24. The monoisotopic (exact) mass is 271 g/mol. The SMILES string of the molecule is CC1(C)CCN(SI)CC1. The van der Waals surface area contributed by atoms with E-state index < -0.39 is 0 Å². The van der Waals surface area contributed by atoms with Crippen molar-refractivity contribution in [3.8, 4) is 0 Å². The molecular weight excluding hydrogens is 257 g/mol. The summed E-state index contributed by atoms with van der Waals surface area (Å²) >= 11 is 2.36. The second-order valence-corrected chi connectivity index (χ2v) is 5.50. The van der Waals surface area contributed by atoms with Gasteiger partial charge in [0.15, 0.2) is 0 Å². The molecule has 0 aromatic rings. The van der Waals surface area contributed by atoms with Crippen molar-refractivity contribution in [3.05, 3.63) is 0 Å². The molecule has 1 nitrogen and oxygen atoms in total. The molecule has 0 saturated carbocycles. The minimum absolute atomic E-state index is 0.600. The molecule has 0 atom stereocenters. The molecule has 1 rings (SSSR count). The first-order chi connectivity index (χ1) is 4.64. The summed E-state index contributed by atoms with van der Waals surface area (Å²) in [6.07, 6.45) is 2.70. The first-order valence-electron chi connectivity index (χ1n) is 3.68. The fraction of sp³-hybridized carbons (Fsp3) is 1.00. The van der Waals surface area contributed by atoms with Crippen LogP contribution in [0.3, 0.4) is 0 Å². The van der Waals surface area contributed by atoms with Crippen LogP contribution in [0.1, 0.15) is 26.7 Å². The van der Waals surface area contributed by atoms with Crippen molar-refractivity contribution >= 4 is 30.3 Å². The molecule has 0 aromatic carbocycles. The summed E-state index contributed by atoms with van der Waals surface area (Å²) in [4.78, 5) is 0. The first kappa shape index (κ1) is 9.13. The summed E-state index contributed by atoms with van der Waals surface area (Å²) in [5, 5.41) is 0. The van der Waals surface area contributed by atoms with Crippen molar-refractivity contribution in [1.82, 2.24) is 4.31 Å². The zero-order chi connectivity index (χ0) is 7.61. The quantitative estimate of drug-likeness (QED) is 0.532. The summed E-state index contributed by atoms with van der Waals surface area (Å²) < 4.78 is 2.44. The van der Waals surface area contributed by atoms with Gasteiger partial charge in [-0.1, -0.05) is 13.8 Å². The Bertz CT molecular complexity index is 106. The fourth-order valence-corrected chi connectivity index (χ4v) is 2.66. The van der Waals surface area contributed by atoms with Crippen molar-refractivity contribution in [2.45, 2.75) is 26.7 Å². The molecule has 0 spiro atoms. The number of hydrogen-bond donors (Lipinski definition) is 0. The Kier molecular flexibility index (Phi) is 3.31. The number of rotatable bonds is 1. The van der Waals surface area contributed by atoms with Crippen LogP contribution in [0.5, 0.6) is 0 Å². The maximum atomic E-state index is 2.44. The summed E-state index contributed by atoms with van der Waals surface area (Å²) in [6, 6.07) is 0. The Hall–Kier alpha value is 1.04. The molecule has 0 bridgehead atoms. The Balaban J connectivity index is 2.31. The molecule has 0 aromatic heterocycles. The van der Waals surface area contributed by atoms with E-state index in [9.17, 15) is 0 Å². The molecule has 3 heteroatoms. The van der Waals surface area contributed by atoms with Gasteiger partial charge in [0, 0.05) is 34.3 Å². The fourth-order valence-electron chi connectivity index (χ4n) is 1.16. The van der Waals surface area contributed by atoms with Gasteiger partial charge in [-0.15, -0.1) is 0 Å². The molecule has 0 radical (unpaired) electrons. The van der Waals surface area contributed by atoms with Gasteiger partial charge in [-0.2, -0.15) is 0 Å². The van der Waals surface area contributed by atoms with Crippen LogP contribution in [0.2, 0.25) is 0 Å². The average Bonchev–Trinajstić information content (AvgIpc) is 1.88. The third kappa shape index (κ3) is 2.58. The van der Waals surface area contributed by atoms with E-state index >= 15 is 0 Å². The van der Waals surface area contributed by atoms with E-state index in [2.05, 4.69) is 39.4 Å². The van der Waals surface area contributed by atoms with Gasteiger partial charge in [-0.3, -0.25) is 0 Å². The zero-order valence-electron chi connectivity index (χ0n) is 6.56. The standard InChI is InChI=1S/C7H14INS/c1-7(2)3-5-9(10-8)6-4-7/h3-6H2,1-2H3. The third-order valence-corrected chi connectivity index (χ3v) is 4.41. The molecule has 1 aliphatic rings. The van der Waals surface area contributed by atoms with Gasteiger partial charge in [0.25, 0.3) is 0 Å². The normalized spacial score (nSPS) is 26.7. The maximum absolute atomic E-state index is 2.44. The Morgan fingerprint density at radius 1 is 1.30 bits per heavy atom. The molecule has 1 aliphatic heterocycles. The minimum Gasteiger partial charge on any atom is -0.242 e. The lowest BCUT2D eigenvalue weighted by atomic mass is 9.83. The van der Waals surface area contributed by atoms with Gasteiger partial charge in [0.05, 0.1) is 0 Å². The van der Waals surface area contributed by atoms with E-state index in [0.29, 0.717) is 5.41 Å². The molecule has 0 unspecified atom stereocenters. The Labute approximate surface area is 79.7 Å². The van der Waals surface area contributed by atoms with Crippen molar-refractivity contribution < 1.29 is 0 Å². The van der Waals surface area contributed by atoms with Crippen LogP contribution in [0.25, 0.3) is 0 Å². The van der Waals surface area contributed by atoms with Crippen LogP contribution in [-0.4, -0.2) is 17.4 Å². The predicted molar refractivity (Wildman–Crippen MR) is 56.2 cm³/mol. The number of hydrogen-bond acceptors (Lipinski definition) is 2. The predicted octanol–water partition coefficient (Wildman–Crippen LogP) is 3.11. The van der Waals surface area contributed by atoms with E-state index in [4.69, 9.17) is 0 Å². The maximum Gasteiger partial charge on any atom is 0.0146 e. The first-order valence-corrected chi connectivity index (χ1v) is 6.99. The molecule has 1 fully saturated rings. The largest absolute Gasteiger partial charge is 0.242 e. The lowest BCUT2D eigenvalue weighted by Crippen LogP contribution is -2.32. The van der Waals surface area contributed by atoms with E-state index in [0.717, 1.165) is 0 Å². The summed E-state index contributed by atoms with van der Waals surface area (Å²) in [5.41, 5.74) is 0.600. The van der Waals surface area contributed by atoms with Crippen molar-refractivity contribution in [2.75, 3.05) is 13.1 Å². The van der Waals surface area contributed by atoms with Gasteiger partial charge in [-0.25, -0.2) is 4.31 Å². The summed E-state index contributed by atoms with van der Waals surface area (Å²) in [6.45, 7) is 7.26. The van der Waals surface area contributed by atoms with Gasteiger partial charge in [-0.05, 0) is 27.4 Å². The number of halogens is 1. The van der Waals surface area contributed by atoms with Crippen molar-refractivity contribution in [2.24, 2.45) is 5.41 Å². The minimum atomic E-state index is 0.600. The van der Waals surface area contributed by atoms with E-state index in [1.165, 1.54) is 25.9 Å². The Morgan fingerprint density at radius 2 is 1.80 bits per heavy atom. The highest BCUT2D eigenvalue weighted by molar-refractivity contribution is 14.2. The second kappa shape index (κ2) is 3.63. The van der Waals surface area contributed by atoms with E-state index in [1.54, 1.807) is 0 Å². The van der Waals surface area contributed by atoms with Crippen molar-refractivity contribution in [1.29, 1.82) is 0 Å². The van der Waals surface area contributed by atoms with Crippen LogP contribution in [0.15, 0.2) is 0 Å². The smallest absolute Gasteiger partial charge is 0.0146 e. The summed E-state index contributed by atoms with van der Waals surface area (Å²) in [5.74, 6) is 0. The molecule has 60 valence electrons. The van der Waals surface area contributed by atoms with Gasteiger partial charge in [0.1, 0.15) is 0 Å². The van der Waals surface area contributed by atoms with Gasteiger partial charge >= 0.3 is 0 Å². The Morgan fingerprint density at radius 3 is 2.20 bits per heavy atom. The number of piperidine rings is 1. The van der Waals surface area contributed by atoms with Crippen molar-refractivity contribution in [3.63, 3.8) is 0 Å². The molecule has 0 N–H and O–H groups in total. The lowest BCUT2D eigenvalue weighted by molar-refractivity contribution is 0.206. The van der Waals surface area contributed by atoms with Crippen LogP contribution >= 0.6 is 30.3 Å². The second-order valence-electron chi connectivity index (χ2n) is 3.66. The molecule has 0 aliphatic carbocycles. The molecule has 1 heterocycles. The van der Waals surface area contributed by atoms with Crippen LogP contribution in [0, 0.1) is 5.41 Å². The van der Waals surface area contributed by atoms with Crippen LogP contribution in [0.4, 0.5) is 0 Å². The molecule has 0 amide bonds. The van der Waals surface area contributed by atoms with E-state index in [-0.39, 0.29) is 0 Å². The zero-order valence-corrected chi connectivity index (χ0v) is 9.54. The number of nitrogens with zero attached hydrogens (tertiary/aromatic N) is 1. The third-order valence-electron chi connectivity index (χ3n) is 2.17. The van der Waals surface area contributed by atoms with Gasteiger partial charge < -0.3 is 0 Å². The van der Waals surface area contributed by atoms with Crippen LogP contribution < -0.4 is 0 Å². The molecular formula is C7H14INS. The van der Waals surface area contributed by atoms with Crippen LogP contribution in [-0.2, 0) is 0 Å². The topological polar surface area (TPSA) is 3.24 Å². The van der Waals surface area contributed by atoms with E-state index in [1.807, 2.05) is 9.12 Å².